The van der Waals surface area contributed by atoms with Crippen LogP contribution in [0.1, 0.15) is 23.0 Å². The second-order valence-electron chi connectivity index (χ2n) is 3.88. The summed E-state index contributed by atoms with van der Waals surface area (Å²) in [6.45, 7) is 0. The Labute approximate surface area is 81.9 Å². The Morgan fingerprint density at radius 2 is 1.86 bits per heavy atom. The number of hydrogen-bond donors (Lipinski definition) is 1. The third-order valence-electron chi connectivity index (χ3n) is 3.18. The second kappa shape index (κ2) is 2.55. The van der Waals surface area contributed by atoms with Crippen LogP contribution in [0.2, 0.25) is 0 Å². The van der Waals surface area contributed by atoms with Gasteiger partial charge in [0.15, 0.2) is 5.78 Å². The molecule has 1 N–H and O–H groups in total. The molecule has 70 valence electrons. The fourth-order valence-electron chi connectivity index (χ4n) is 2.50. The molecule has 0 amide bonds. The van der Waals surface area contributed by atoms with E-state index in [4.69, 9.17) is 0 Å². The van der Waals surface area contributed by atoms with Crippen molar-refractivity contribution in [3.05, 3.63) is 47.5 Å². The van der Waals surface area contributed by atoms with Crippen molar-refractivity contribution in [1.82, 2.24) is 0 Å². The van der Waals surface area contributed by atoms with Gasteiger partial charge in [0.2, 0.25) is 0 Å². The van der Waals surface area contributed by atoms with Crippen molar-refractivity contribution in [2.24, 2.45) is 0 Å². The molecule has 0 fully saturated rings. The molecule has 2 aliphatic rings. The SMILES string of the molecule is O=C1C=CC(O)C2c3ccccc3C12. The summed E-state index contributed by atoms with van der Waals surface area (Å²) in [6.07, 6.45) is 2.61. The van der Waals surface area contributed by atoms with Crippen LogP contribution in [0.4, 0.5) is 0 Å². The Morgan fingerprint density at radius 3 is 2.64 bits per heavy atom. The Hall–Kier alpha value is -1.41. The number of fused-ring (bicyclic) bond motifs is 4. The van der Waals surface area contributed by atoms with Crippen LogP contribution < -0.4 is 0 Å². The van der Waals surface area contributed by atoms with Gasteiger partial charge >= 0.3 is 0 Å². The van der Waals surface area contributed by atoms with Gasteiger partial charge < -0.3 is 5.11 Å². The Balaban J connectivity index is 2.14. The van der Waals surface area contributed by atoms with Crippen molar-refractivity contribution in [3.8, 4) is 0 Å². The van der Waals surface area contributed by atoms with Crippen molar-refractivity contribution in [1.29, 1.82) is 0 Å². The van der Waals surface area contributed by atoms with Crippen molar-refractivity contribution in [2.75, 3.05) is 0 Å². The first kappa shape index (κ1) is 7.94. The van der Waals surface area contributed by atoms with E-state index in [0.717, 1.165) is 11.1 Å². The van der Waals surface area contributed by atoms with Gasteiger partial charge in [-0.1, -0.05) is 30.3 Å². The zero-order chi connectivity index (χ0) is 9.71. The maximum atomic E-state index is 11.6. The number of carbonyl (C=O) groups excluding carboxylic acids is 1. The number of aliphatic hydroxyl groups excluding tert-OH is 1. The van der Waals surface area contributed by atoms with E-state index in [1.54, 1.807) is 6.08 Å². The summed E-state index contributed by atoms with van der Waals surface area (Å²) in [6, 6.07) is 7.85. The highest BCUT2D eigenvalue weighted by atomic mass is 16.3. The summed E-state index contributed by atoms with van der Waals surface area (Å²) in [4.78, 5) is 11.6. The standard InChI is InChI=1S/C12H10O2/c13-9-5-6-10(14)12-8-4-2-1-3-7(8)11(9)12/h1-6,9,11-13H. The van der Waals surface area contributed by atoms with Gasteiger partial charge in [-0.15, -0.1) is 0 Å². The summed E-state index contributed by atoms with van der Waals surface area (Å²) >= 11 is 0. The number of hydrogen-bond acceptors (Lipinski definition) is 2. The summed E-state index contributed by atoms with van der Waals surface area (Å²) in [5, 5.41) is 9.72. The average molecular weight is 186 g/mol. The number of ketones is 1. The summed E-state index contributed by atoms with van der Waals surface area (Å²) in [7, 11) is 0. The quantitative estimate of drug-likeness (QED) is 0.664. The lowest BCUT2D eigenvalue weighted by molar-refractivity contribution is -0.118. The van der Waals surface area contributed by atoms with Crippen LogP contribution >= 0.6 is 0 Å². The molecule has 0 bridgehead atoms. The van der Waals surface area contributed by atoms with Gasteiger partial charge in [0, 0.05) is 5.92 Å². The van der Waals surface area contributed by atoms with Gasteiger partial charge in [0.05, 0.1) is 12.0 Å². The third kappa shape index (κ3) is 0.814. The number of benzene rings is 1. The first-order chi connectivity index (χ1) is 6.79. The van der Waals surface area contributed by atoms with E-state index in [9.17, 15) is 9.90 Å². The van der Waals surface area contributed by atoms with E-state index in [1.807, 2.05) is 24.3 Å². The number of aliphatic hydroxyl groups is 1. The minimum Gasteiger partial charge on any atom is -0.388 e. The van der Waals surface area contributed by atoms with Gasteiger partial charge in [-0.25, -0.2) is 0 Å². The van der Waals surface area contributed by atoms with Crippen molar-refractivity contribution in [2.45, 2.75) is 17.9 Å². The Bertz CT molecular complexity index is 434. The number of carbonyl (C=O) groups is 1. The molecule has 0 spiro atoms. The van der Waals surface area contributed by atoms with Gasteiger partial charge in [-0.2, -0.15) is 0 Å². The van der Waals surface area contributed by atoms with E-state index in [2.05, 4.69) is 0 Å². The van der Waals surface area contributed by atoms with E-state index < -0.39 is 6.10 Å². The van der Waals surface area contributed by atoms with Crippen LogP contribution in [0.3, 0.4) is 0 Å². The molecule has 0 saturated heterocycles. The molecular weight excluding hydrogens is 176 g/mol. The molecule has 0 saturated carbocycles. The smallest absolute Gasteiger partial charge is 0.163 e. The molecule has 1 aromatic carbocycles. The molecule has 3 rings (SSSR count). The lowest BCUT2D eigenvalue weighted by Crippen LogP contribution is -2.39. The summed E-state index contributed by atoms with van der Waals surface area (Å²) < 4.78 is 0. The van der Waals surface area contributed by atoms with Crippen LogP contribution in [0.25, 0.3) is 0 Å². The Morgan fingerprint density at radius 1 is 1.14 bits per heavy atom. The predicted molar refractivity (Wildman–Crippen MR) is 52.1 cm³/mol. The summed E-state index contributed by atoms with van der Waals surface area (Å²) in [5.41, 5.74) is 2.22. The molecule has 2 aliphatic carbocycles. The molecule has 0 aliphatic heterocycles. The molecule has 2 heteroatoms. The molecule has 0 aromatic heterocycles. The molecule has 3 atom stereocenters. The van der Waals surface area contributed by atoms with Gasteiger partial charge in [-0.05, 0) is 17.2 Å². The van der Waals surface area contributed by atoms with Gasteiger partial charge in [0.25, 0.3) is 0 Å². The summed E-state index contributed by atoms with van der Waals surface area (Å²) in [5.74, 6) is 0.0360. The number of rotatable bonds is 0. The number of allylic oxidation sites excluding steroid dienone is 1. The molecule has 3 unspecified atom stereocenters. The van der Waals surface area contributed by atoms with Crippen LogP contribution in [0.5, 0.6) is 0 Å². The maximum Gasteiger partial charge on any atom is 0.163 e. The predicted octanol–water partition coefficient (Wildman–Crippen LogP) is 1.37. The molecule has 1 aromatic rings. The molecule has 0 radical (unpaired) electrons. The lowest BCUT2D eigenvalue weighted by atomic mass is 9.62. The minimum absolute atomic E-state index is 0.00343. The molecule has 14 heavy (non-hydrogen) atoms. The van der Waals surface area contributed by atoms with Crippen molar-refractivity contribution >= 4 is 5.78 Å². The van der Waals surface area contributed by atoms with Crippen LogP contribution in [-0.4, -0.2) is 17.0 Å². The average Bonchev–Trinajstić information content (AvgIpc) is 2.16. The zero-order valence-corrected chi connectivity index (χ0v) is 7.55. The lowest BCUT2D eigenvalue weighted by Gasteiger charge is -2.42. The van der Waals surface area contributed by atoms with Crippen molar-refractivity contribution in [3.63, 3.8) is 0 Å². The van der Waals surface area contributed by atoms with Gasteiger partial charge in [0.1, 0.15) is 0 Å². The van der Waals surface area contributed by atoms with E-state index in [-0.39, 0.29) is 17.6 Å². The highest BCUT2D eigenvalue weighted by Crippen LogP contribution is 2.50. The minimum atomic E-state index is -0.493. The molecular formula is C12H10O2. The topological polar surface area (TPSA) is 37.3 Å². The Kier molecular flexibility index (Phi) is 1.45. The zero-order valence-electron chi connectivity index (χ0n) is 7.55. The highest BCUT2D eigenvalue weighted by Gasteiger charge is 2.46. The second-order valence-corrected chi connectivity index (χ2v) is 3.88. The molecule has 0 heterocycles. The first-order valence-corrected chi connectivity index (χ1v) is 4.78. The van der Waals surface area contributed by atoms with E-state index in [0.29, 0.717) is 0 Å². The van der Waals surface area contributed by atoms with Crippen LogP contribution in [0.15, 0.2) is 36.4 Å². The normalized spacial score (nSPS) is 33.2. The van der Waals surface area contributed by atoms with E-state index in [1.165, 1.54) is 6.08 Å². The van der Waals surface area contributed by atoms with Crippen LogP contribution in [0, 0.1) is 0 Å². The molecule has 2 nitrogen and oxygen atoms in total. The van der Waals surface area contributed by atoms with Gasteiger partial charge in [-0.3, -0.25) is 4.79 Å². The third-order valence-corrected chi connectivity index (χ3v) is 3.18. The van der Waals surface area contributed by atoms with E-state index >= 15 is 0 Å². The largest absolute Gasteiger partial charge is 0.388 e. The van der Waals surface area contributed by atoms with Crippen molar-refractivity contribution < 1.29 is 9.90 Å². The maximum absolute atomic E-state index is 11.6. The van der Waals surface area contributed by atoms with Crippen LogP contribution in [-0.2, 0) is 4.79 Å². The highest BCUT2D eigenvalue weighted by molar-refractivity contribution is 5.99. The first-order valence-electron chi connectivity index (χ1n) is 4.78. The fraction of sp³-hybridized carbons (Fsp3) is 0.250. The fourth-order valence-corrected chi connectivity index (χ4v) is 2.50. The monoisotopic (exact) mass is 186 g/mol.